The average Bonchev–Trinajstić information content (AvgIpc) is 3.58. The second-order valence-electron chi connectivity index (χ2n) is 13.3. The van der Waals surface area contributed by atoms with E-state index in [2.05, 4.69) is 45.2 Å². The molecule has 2 aliphatic rings. The highest BCUT2D eigenvalue weighted by Gasteiger charge is 2.22. The van der Waals surface area contributed by atoms with Crippen molar-refractivity contribution in [2.24, 2.45) is 0 Å². The van der Waals surface area contributed by atoms with Crippen LogP contribution >= 0.6 is 0 Å². The molecule has 0 unspecified atom stereocenters. The molecule has 0 spiro atoms. The Morgan fingerprint density at radius 3 is 2.52 bits per heavy atom. The fraction of sp³-hybridized carbons (Fsp3) is 0.462. The fourth-order valence-electron chi connectivity index (χ4n) is 6.38. The third kappa shape index (κ3) is 9.99. The SMILES string of the molecule is CCc1nc2c(cnn2CC)c(NC2CCOCC2)c1CNC(=O)CC(=O)NCc1ccc(F)c(-c2cccc(C=O)c2)c1.C[C@H]1CNCCN1C. The number of aryl methyl sites for hydroxylation is 2. The van der Waals surface area contributed by atoms with Crippen LogP contribution in [-0.2, 0) is 40.4 Å². The molecule has 6 rings (SSSR count). The van der Waals surface area contributed by atoms with E-state index in [1.54, 1.807) is 36.4 Å². The molecule has 2 aromatic carbocycles. The van der Waals surface area contributed by atoms with E-state index >= 15 is 0 Å². The number of aldehydes is 1. The number of pyridine rings is 1. The van der Waals surface area contributed by atoms with Crippen LogP contribution in [0.15, 0.2) is 48.7 Å². The van der Waals surface area contributed by atoms with Crippen molar-refractivity contribution >= 4 is 34.8 Å². The van der Waals surface area contributed by atoms with Crippen LogP contribution in [-0.4, -0.2) is 89.7 Å². The highest BCUT2D eigenvalue weighted by Crippen LogP contribution is 2.31. The monoisotopic (exact) mass is 714 g/mol. The molecule has 13 heteroatoms. The quantitative estimate of drug-likeness (QED) is 0.124. The summed E-state index contributed by atoms with van der Waals surface area (Å²) in [5.74, 6) is -1.31. The Morgan fingerprint density at radius 2 is 1.85 bits per heavy atom. The van der Waals surface area contributed by atoms with Gasteiger partial charge in [0, 0.05) is 87.0 Å². The van der Waals surface area contributed by atoms with Crippen LogP contribution in [0.1, 0.15) is 67.2 Å². The Labute approximate surface area is 304 Å². The third-order valence-corrected chi connectivity index (χ3v) is 9.65. The molecule has 4 N–H and O–H groups in total. The second kappa shape index (κ2) is 18.7. The van der Waals surface area contributed by atoms with E-state index in [9.17, 15) is 18.8 Å². The number of piperazine rings is 1. The molecular formula is C39H51FN8O4. The first-order chi connectivity index (χ1) is 25.2. The molecule has 2 aliphatic heterocycles. The number of hydrogen-bond acceptors (Lipinski definition) is 9. The van der Waals surface area contributed by atoms with Crippen molar-refractivity contribution < 1.29 is 23.5 Å². The highest BCUT2D eigenvalue weighted by atomic mass is 19.1. The van der Waals surface area contributed by atoms with E-state index < -0.39 is 17.6 Å². The zero-order valence-electron chi connectivity index (χ0n) is 30.6. The third-order valence-electron chi connectivity index (χ3n) is 9.65. The number of carbonyl (C=O) groups excluding carboxylic acids is 3. The average molecular weight is 715 g/mol. The van der Waals surface area contributed by atoms with Crippen LogP contribution in [0.5, 0.6) is 0 Å². The number of nitrogens with one attached hydrogen (secondary N) is 4. The molecule has 52 heavy (non-hydrogen) atoms. The van der Waals surface area contributed by atoms with Gasteiger partial charge in [0.1, 0.15) is 18.5 Å². The zero-order valence-corrected chi connectivity index (χ0v) is 30.6. The maximum Gasteiger partial charge on any atom is 0.229 e. The molecular weight excluding hydrogens is 663 g/mol. The molecule has 0 bridgehead atoms. The zero-order chi connectivity index (χ0) is 37.0. The first-order valence-corrected chi connectivity index (χ1v) is 18.2. The van der Waals surface area contributed by atoms with Crippen LogP contribution < -0.4 is 21.3 Å². The van der Waals surface area contributed by atoms with E-state index in [4.69, 9.17) is 9.72 Å². The van der Waals surface area contributed by atoms with Gasteiger partial charge in [-0.25, -0.2) is 14.1 Å². The highest BCUT2D eigenvalue weighted by molar-refractivity contribution is 5.97. The number of fused-ring (bicyclic) bond motifs is 1. The summed E-state index contributed by atoms with van der Waals surface area (Å²) in [6.45, 7) is 12.2. The van der Waals surface area contributed by atoms with Crippen molar-refractivity contribution in [1.82, 2.24) is 35.6 Å². The van der Waals surface area contributed by atoms with Crippen molar-refractivity contribution in [2.45, 2.75) is 78.2 Å². The summed E-state index contributed by atoms with van der Waals surface area (Å²) in [7, 11) is 2.17. The van der Waals surface area contributed by atoms with Gasteiger partial charge in [-0.3, -0.25) is 14.4 Å². The molecule has 2 aromatic heterocycles. The van der Waals surface area contributed by atoms with Gasteiger partial charge in [0.25, 0.3) is 0 Å². The van der Waals surface area contributed by atoms with Gasteiger partial charge in [-0.05, 0) is 69.5 Å². The van der Waals surface area contributed by atoms with Gasteiger partial charge in [0.2, 0.25) is 11.8 Å². The van der Waals surface area contributed by atoms with E-state index in [1.165, 1.54) is 12.6 Å². The maximum atomic E-state index is 14.6. The van der Waals surface area contributed by atoms with Gasteiger partial charge in [-0.15, -0.1) is 0 Å². The van der Waals surface area contributed by atoms with Crippen LogP contribution in [0.4, 0.5) is 10.1 Å². The Bertz CT molecular complexity index is 1830. The van der Waals surface area contributed by atoms with Crippen LogP contribution in [0, 0.1) is 5.82 Å². The molecule has 1 atom stereocenters. The van der Waals surface area contributed by atoms with Gasteiger partial charge >= 0.3 is 0 Å². The molecule has 4 heterocycles. The molecule has 4 aromatic rings. The molecule has 2 saturated heterocycles. The number of benzene rings is 2. The summed E-state index contributed by atoms with van der Waals surface area (Å²) >= 11 is 0. The van der Waals surface area contributed by atoms with E-state index in [1.807, 2.05) is 24.7 Å². The number of hydrogen-bond donors (Lipinski definition) is 4. The lowest BCUT2D eigenvalue weighted by Crippen LogP contribution is -2.47. The molecule has 2 fully saturated rings. The summed E-state index contributed by atoms with van der Waals surface area (Å²) in [4.78, 5) is 43.9. The van der Waals surface area contributed by atoms with Crippen molar-refractivity contribution in [3.8, 4) is 11.1 Å². The minimum atomic E-state index is -0.453. The number of carbonyl (C=O) groups is 3. The standard InChI is InChI=1S/C33H37FN6O4.C6H14N2/c1-3-29-26(32(38-24-10-12-44-13-11-24)27-19-37-40(4-2)33(27)39-29)18-36-31(43)16-30(42)35-17-21-8-9-28(34)25(15-21)23-7-5-6-22(14-23)20-41;1-6-5-7-3-4-8(6)2/h5-9,14-15,19-20,24H,3-4,10-13,16-18H2,1-2H3,(H,35,42)(H,36,43)(H,38,39);6-7H,3-5H2,1-2H3/t;6-/m.0/s1. The minimum absolute atomic E-state index is 0.119. The molecule has 12 nitrogen and oxygen atoms in total. The number of halogens is 1. The Morgan fingerprint density at radius 1 is 1.08 bits per heavy atom. The van der Waals surface area contributed by atoms with Crippen LogP contribution in [0.3, 0.4) is 0 Å². The number of anilines is 1. The Kier molecular flexibility index (Phi) is 13.8. The molecule has 278 valence electrons. The number of nitrogens with zero attached hydrogens (tertiary/aromatic N) is 4. The molecule has 0 saturated carbocycles. The number of ether oxygens (including phenoxy) is 1. The van der Waals surface area contributed by atoms with Crippen molar-refractivity contribution in [3.63, 3.8) is 0 Å². The lowest BCUT2D eigenvalue weighted by atomic mass is 10.0. The van der Waals surface area contributed by atoms with Gasteiger partial charge in [-0.1, -0.05) is 31.2 Å². The predicted molar refractivity (Wildman–Crippen MR) is 201 cm³/mol. The summed E-state index contributed by atoms with van der Waals surface area (Å²) in [6.07, 6.45) is 4.57. The molecule has 0 radical (unpaired) electrons. The number of amides is 2. The first-order valence-electron chi connectivity index (χ1n) is 18.2. The van der Waals surface area contributed by atoms with Gasteiger partial charge in [0.15, 0.2) is 5.65 Å². The van der Waals surface area contributed by atoms with Gasteiger partial charge < -0.3 is 30.9 Å². The van der Waals surface area contributed by atoms with Crippen LogP contribution in [0.2, 0.25) is 0 Å². The van der Waals surface area contributed by atoms with E-state index in [-0.39, 0.29) is 25.6 Å². The Hall–Kier alpha value is -4.72. The second-order valence-corrected chi connectivity index (χ2v) is 13.3. The van der Waals surface area contributed by atoms with Crippen LogP contribution in [0.25, 0.3) is 22.2 Å². The fourth-order valence-corrected chi connectivity index (χ4v) is 6.38. The number of aromatic nitrogens is 3. The maximum absolute atomic E-state index is 14.6. The first kappa shape index (κ1) is 38.5. The van der Waals surface area contributed by atoms with Crippen molar-refractivity contribution in [1.29, 1.82) is 0 Å². The van der Waals surface area contributed by atoms with Gasteiger partial charge in [-0.2, -0.15) is 5.10 Å². The lowest BCUT2D eigenvalue weighted by Gasteiger charge is -2.29. The minimum Gasteiger partial charge on any atom is -0.381 e. The number of likely N-dealkylation sites (N-methyl/N-ethyl adjacent to an activating group) is 1. The number of rotatable bonds is 12. The van der Waals surface area contributed by atoms with Crippen molar-refractivity contribution in [3.05, 3.63) is 76.9 Å². The predicted octanol–water partition coefficient (Wildman–Crippen LogP) is 4.46. The summed E-state index contributed by atoms with van der Waals surface area (Å²) < 4.78 is 22.0. The summed E-state index contributed by atoms with van der Waals surface area (Å²) in [6, 6.07) is 12.1. The Balaban J connectivity index is 0.000000577. The van der Waals surface area contributed by atoms with E-state index in [0.29, 0.717) is 54.7 Å². The summed E-state index contributed by atoms with van der Waals surface area (Å²) in [5, 5.41) is 18.1. The largest absolute Gasteiger partial charge is 0.381 e. The topological polar surface area (TPSA) is 143 Å². The molecule has 2 amide bonds. The molecule has 0 aliphatic carbocycles. The summed E-state index contributed by atoms with van der Waals surface area (Å²) in [5.41, 5.74) is 5.44. The van der Waals surface area contributed by atoms with Gasteiger partial charge in [0.05, 0.1) is 17.3 Å². The van der Waals surface area contributed by atoms with Crippen molar-refractivity contribution in [2.75, 3.05) is 45.2 Å². The van der Waals surface area contributed by atoms with E-state index in [0.717, 1.165) is 60.0 Å². The smallest absolute Gasteiger partial charge is 0.229 e. The lowest BCUT2D eigenvalue weighted by molar-refractivity contribution is -0.129. The normalized spacial score (nSPS) is 16.5.